The van der Waals surface area contributed by atoms with Crippen molar-refractivity contribution >= 4 is 50.2 Å². The van der Waals surface area contributed by atoms with Crippen molar-refractivity contribution in [1.29, 1.82) is 0 Å². The first-order chi connectivity index (χ1) is 13.4. The Morgan fingerprint density at radius 2 is 1.93 bits per heavy atom. The Labute approximate surface area is 175 Å². The number of hydrogen-bond donors (Lipinski definition) is 1. The number of aromatic nitrogens is 1. The maximum atomic E-state index is 12.5. The number of ether oxygens (including phenoxy) is 1. The fourth-order valence-corrected chi connectivity index (χ4v) is 3.61. The number of carbonyl (C=O) groups is 2. The number of halogens is 2. The molecule has 0 atom stereocenters. The van der Waals surface area contributed by atoms with Gasteiger partial charge in [-0.15, -0.1) is 0 Å². The number of rotatable bonds is 6. The van der Waals surface area contributed by atoms with Crippen LogP contribution in [0.5, 0.6) is 5.75 Å². The van der Waals surface area contributed by atoms with E-state index in [0.717, 1.165) is 11.1 Å². The molecule has 0 aliphatic carbocycles. The highest BCUT2D eigenvalue weighted by molar-refractivity contribution is 9.10. The van der Waals surface area contributed by atoms with E-state index in [2.05, 4.69) is 20.9 Å². The van der Waals surface area contributed by atoms with Crippen LogP contribution >= 0.6 is 27.5 Å². The van der Waals surface area contributed by atoms with Crippen LogP contribution in [0.25, 0.3) is 22.0 Å². The minimum atomic E-state index is -0.462. The van der Waals surface area contributed by atoms with Crippen molar-refractivity contribution in [1.82, 2.24) is 4.98 Å². The summed E-state index contributed by atoms with van der Waals surface area (Å²) < 4.78 is 5.21. The van der Waals surface area contributed by atoms with Crippen LogP contribution in [0.2, 0.25) is 5.02 Å². The molecule has 2 aromatic carbocycles. The van der Waals surface area contributed by atoms with Crippen LogP contribution in [0.4, 0.5) is 0 Å². The van der Waals surface area contributed by atoms with E-state index >= 15 is 0 Å². The van der Waals surface area contributed by atoms with Crippen molar-refractivity contribution in [3.05, 3.63) is 57.7 Å². The number of fused-ring (bicyclic) bond motifs is 1. The van der Waals surface area contributed by atoms with Crippen LogP contribution in [0.1, 0.15) is 30.3 Å². The van der Waals surface area contributed by atoms with Crippen LogP contribution in [-0.4, -0.2) is 28.4 Å². The molecule has 0 unspecified atom stereocenters. The molecule has 0 saturated heterocycles. The summed E-state index contributed by atoms with van der Waals surface area (Å²) in [7, 11) is 0. The largest absolute Gasteiger partial charge is 0.504 e. The quantitative estimate of drug-likeness (QED) is 0.384. The third kappa shape index (κ3) is 4.18. The van der Waals surface area contributed by atoms with E-state index in [9.17, 15) is 14.7 Å². The first kappa shape index (κ1) is 20.3. The number of aromatic hydroxyl groups is 1. The molecule has 0 aliphatic heterocycles. The molecule has 28 heavy (non-hydrogen) atoms. The maximum Gasteiger partial charge on any atom is 0.306 e. The number of Topliss-reactive ketones (excluding diaryl/α,β-unsaturated/α-hetero) is 1. The van der Waals surface area contributed by atoms with Gasteiger partial charge in [0, 0.05) is 22.4 Å². The first-order valence-electron chi connectivity index (χ1n) is 8.68. The fourth-order valence-electron chi connectivity index (χ4n) is 2.84. The van der Waals surface area contributed by atoms with Crippen molar-refractivity contribution in [3.8, 4) is 16.9 Å². The Kier molecular flexibility index (Phi) is 6.31. The number of esters is 1. The van der Waals surface area contributed by atoms with Gasteiger partial charge in [0.25, 0.3) is 0 Å². The number of carbonyl (C=O) groups excluding carboxylic acids is 2. The summed E-state index contributed by atoms with van der Waals surface area (Å²) in [5.74, 6) is -1.14. The van der Waals surface area contributed by atoms with Gasteiger partial charge in [-0.2, -0.15) is 0 Å². The molecule has 0 radical (unpaired) electrons. The Balaban J connectivity index is 2.00. The van der Waals surface area contributed by atoms with Crippen molar-refractivity contribution in [2.75, 3.05) is 6.61 Å². The summed E-state index contributed by atoms with van der Waals surface area (Å²) in [6, 6.07) is 12.9. The van der Waals surface area contributed by atoms with E-state index in [1.54, 1.807) is 19.1 Å². The van der Waals surface area contributed by atoms with Crippen molar-refractivity contribution in [2.45, 2.75) is 19.8 Å². The molecule has 0 bridgehead atoms. The molecule has 3 rings (SSSR count). The monoisotopic (exact) mass is 461 g/mol. The third-order valence-corrected chi connectivity index (χ3v) is 5.34. The average Bonchev–Trinajstić information content (AvgIpc) is 2.69. The lowest BCUT2D eigenvalue weighted by Crippen LogP contribution is -2.09. The van der Waals surface area contributed by atoms with Gasteiger partial charge >= 0.3 is 5.97 Å². The normalized spacial score (nSPS) is 10.8. The molecule has 0 aliphatic rings. The number of pyridine rings is 1. The van der Waals surface area contributed by atoms with Gasteiger partial charge in [-0.1, -0.05) is 41.9 Å². The highest BCUT2D eigenvalue weighted by Gasteiger charge is 2.20. The molecule has 1 heterocycles. The van der Waals surface area contributed by atoms with Crippen LogP contribution in [0, 0.1) is 0 Å². The smallest absolute Gasteiger partial charge is 0.306 e. The van der Waals surface area contributed by atoms with Crippen LogP contribution in [-0.2, 0) is 9.53 Å². The highest BCUT2D eigenvalue weighted by Crippen LogP contribution is 2.37. The Hall–Kier alpha value is -2.44. The second-order valence-electron chi connectivity index (χ2n) is 6.06. The van der Waals surface area contributed by atoms with Gasteiger partial charge in [-0.25, -0.2) is 4.98 Å². The van der Waals surface area contributed by atoms with Crippen LogP contribution in [0.3, 0.4) is 0 Å². The number of hydrogen-bond acceptors (Lipinski definition) is 5. The van der Waals surface area contributed by atoms with Gasteiger partial charge < -0.3 is 9.84 Å². The zero-order chi connectivity index (χ0) is 20.3. The summed E-state index contributed by atoms with van der Waals surface area (Å²) in [6.45, 7) is 1.95. The molecule has 144 valence electrons. The van der Waals surface area contributed by atoms with Crippen molar-refractivity contribution in [3.63, 3.8) is 0 Å². The van der Waals surface area contributed by atoms with Gasteiger partial charge in [-0.05, 0) is 40.5 Å². The highest BCUT2D eigenvalue weighted by atomic mass is 79.9. The van der Waals surface area contributed by atoms with E-state index in [4.69, 9.17) is 16.3 Å². The first-order valence-corrected chi connectivity index (χ1v) is 9.85. The van der Waals surface area contributed by atoms with E-state index in [0.29, 0.717) is 20.4 Å². The fraction of sp³-hybridized carbons (Fsp3) is 0.190. The van der Waals surface area contributed by atoms with Crippen molar-refractivity contribution in [2.24, 2.45) is 0 Å². The number of ketones is 1. The molecule has 0 saturated carbocycles. The number of benzene rings is 2. The molecular formula is C21H17BrClNO4. The van der Waals surface area contributed by atoms with E-state index in [-0.39, 0.29) is 30.9 Å². The standard InChI is InChI=1S/C21H17BrClNO4/c1-2-28-18(26)10-9-17(25)20-21(27)19(22)14-8-7-12(11-16(14)24-20)13-5-3-4-6-15(13)23/h3-8,11,27H,2,9-10H2,1H3. The van der Waals surface area contributed by atoms with E-state index in [1.807, 2.05) is 30.3 Å². The molecule has 5 nitrogen and oxygen atoms in total. The van der Waals surface area contributed by atoms with Gasteiger partial charge in [0.15, 0.2) is 11.5 Å². The maximum absolute atomic E-state index is 12.5. The number of nitrogens with zero attached hydrogens (tertiary/aromatic N) is 1. The lowest BCUT2D eigenvalue weighted by molar-refractivity contribution is -0.143. The summed E-state index contributed by atoms with van der Waals surface area (Å²) in [6.07, 6.45) is -0.162. The molecule has 0 amide bonds. The second kappa shape index (κ2) is 8.71. The predicted octanol–water partition coefficient (Wildman–Crippen LogP) is 5.55. The Bertz CT molecular complexity index is 1070. The lowest BCUT2D eigenvalue weighted by atomic mass is 10.0. The SMILES string of the molecule is CCOC(=O)CCC(=O)c1nc2cc(-c3ccccc3Cl)ccc2c(Br)c1O. The van der Waals surface area contributed by atoms with E-state index in [1.165, 1.54) is 0 Å². The van der Waals surface area contributed by atoms with Gasteiger partial charge in [0.05, 0.1) is 23.0 Å². The molecule has 3 aromatic rings. The zero-order valence-corrected chi connectivity index (χ0v) is 17.4. The summed E-state index contributed by atoms with van der Waals surface area (Å²) >= 11 is 9.62. The molecule has 0 spiro atoms. The Morgan fingerprint density at radius 3 is 2.64 bits per heavy atom. The topological polar surface area (TPSA) is 76.5 Å². The van der Waals surface area contributed by atoms with Gasteiger partial charge in [-0.3, -0.25) is 9.59 Å². The molecule has 0 fully saturated rings. The molecule has 1 N–H and O–H groups in total. The predicted molar refractivity (Wildman–Crippen MR) is 112 cm³/mol. The second-order valence-corrected chi connectivity index (χ2v) is 7.26. The summed E-state index contributed by atoms with van der Waals surface area (Å²) in [4.78, 5) is 28.4. The van der Waals surface area contributed by atoms with E-state index < -0.39 is 11.8 Å². The minimum absolute atomic E-state index is 0.0664. The van der Waals surface area contributed by atoms with Crippen molar-refractivity contribution < 1.29 is 19.4 Å². The third-order valence-electron chi connectivity index (χ3n) is 4.21. The van der Waals surface area contributed by atoms with Gasteiger partial charge in [0.1, 0.15) is 5.69 Å². The lowest BCUT2D eigenvalue weighted by Gasteiger charge is -2.11. The summed E-state index contributed by atoms with van der Waals surface area (Å²) in [5.41, 5.74) is 2.13. The van der Waals surface area contributed by atoms with Crippen LogP contribution in [0.15, 0.2) is 46.9 Å². The van der Waals surface area contributed by atoms with Gasteiger partial charge in [0.2, 0.25) is 0 Å². The average molecular weight is 463 g/mol. The zero-order valence-electron chi connectivity index (χ0n) is 15.0. The summed E-state index contributed by atoms with van der Waals surface area (Å²) in [5, 5.41) is 11.7. The molecule has 1 aromatic heterocycles. The Morgan fingerprint density at radius 1 is 1.18 bits per heavy atom. The minimum Gasteiger partial charge on any atom is -0.504 e. The van der Waals surface area contributed by atoms with Crippen LogP contribution < -0.4 is 0 Å². The molecular weight excluding hydrogens is 446 g/mol. The molecule has 7 heteroatoms.